The number of hydrogen-bond acceptors (Lipinski definition) is 5. The summed E-state index contributed by atoms with van der Waals surface area (Å²) >= 11 is 1.11. The fourth-order valence-corrected chi connectivity index (χ4v) is 3.29. The van der Waals surface area contributed by atoms with Gasteiger partial charge in [0.1, 0.15) is 11.1 Å². The third kappa shape index (κ3) is 5.62. The smallest absolute Gasteiger partial charge is 0.240 e. The van der Waals surface area contributed by atoms with E-state index in [-0.39, 0.29) is 18.0 Å². The van der Waals surface area contributed by atoms with Crippen molar-refractivity contribution >= 4 is 46.7 Å². The molecule has 1 fully saturated rings. The van der Waals surface area contributed by atoms with Gasteiger partial charge in [0.05, 0.1) is 5.69 Å². The van der Waals surface area contributed by atoms with E-state index in [0.29, 0.717) is 5.17 Å². The van der Waals surface area contributed by atoms with E-state index in [1.807, 2.05) is 36.4 Å². The Morgan fingerprint density at radius 2 is 1.93 bits per heavy atom. The van der Waals surface area contributed by atoms with Gasteiger partial charge >= 0.3 is 0 Å². The van der Waals surface area contributed by atoms with Crippen LogP contribution in [0.25, 0.3) is 6.08 Å². The molecular formula is C20H17FN4O2S. The van der Waals surface area contributed by atoms with E-state index in [0.717, 1.165) is 17.3 Å². The molecule has 1 unspecified atom stereocenters. The number of amidine groups is 1. The van der Waals surface area contributed by atoms with E-state index in [1.165, 1.54) is 24.4 Å². The Balaban J connectivity index is 1.51. The third-order valence-corrected chi connectivity index (χ3v) is 4.76. The van der Waals surface area contributed by atoms with Crippen molar-refractivity contribution in [3.63, 3.8) is 0 Å². The second kappa shape index (κ2) is 9.61. The van der Waals surface area contributed by atoms with Gasteiger partial charge in [0, 0.05) is 12.6 Å². The van der Waals surface area contributed by atoms with Crippen LogP contribution in [0.2, 0.25) is 0 Å². The fraction of sp³-hybridized carbons (Fsp3) is 0.100. The van der Waals surface area contributed by atoms with Crippen molar-refractivity contribution in [3.05, 3.63) is 72.1 Å². The van der Waals surface area contributed by atoms with Crippen LogP contribution in [0, 0.1) is 5.82 Å². The number of benzene rings is 2. The van der Waals surface area contributed by atoms with Crippen molar-refractivity contribution in [1.29, 1.82) is 0 Å². The van der Waals surface area contributed by atoms with Gasteiger partial charge in [0.15, 0.2) is 5.17 Å². The lowest BCUT2D eigenvalue weighted by atomic mass is 10.2. The first-order valence-corrected chi connectivity index (χ1v) is 9.34. The first-order chi connectivity index (χ1) is 13.6. The maximum atomic E-state index is 13.6. The SMILES string of the molecule is O=C(CC1S/C(=N/N=C\C=C\c2ccccc2)NC1=O)Nc1ccccc1F. The number of allylic oxidation sites excluding steroid dienone is 1. The van der Waals surface area contributed by atoms with Crippen LogP contribution in [0.15, 0.2) is 70.9 Å². The zero-order chi connectivity index (χ0) is 19.8. The predicted molar refractivity (Wildman–Crippen MR) is 111 cm³/mol. The lowest BCUT2D eigenvalue weighted by Gasteiger charge is -2.07. The van der Waals surface area contributed by atoms with E-state index in [9.17, 15) is 14.0 Å². The number of nitrogens with zero attached hydrogens (tertiary/aromatic N) is 2. The van der Waals surface area contributed by atoms with Crippen LogP contribution in [0.3, 0.4) is 0 Å². The number of nitrogens with one attached hydrogen (secondary N) is 2. The van der Waals surface area contributed by atoms with Crippen molar-refractivity contribution in [1.82, 2.24) is 5.32 Å². The van der Waals surface area contributed by atoms with Crippen LogP contribution >= 0.6 is 11.8 Å². The summed E-state index contributed by atoms with van der Waals surface area (Å²) in [5.74, 6) is -1.31. The molecule has 2 aromatic carbocycles. The molecule has 2 N–H and O–H groups in total. The molecule has 0 aromatic heterocycles. The molecule has 1 saturated heterocycles. The van der Waals surface area contributed by atoms with Gasteiger partial charge in [-0.05, 0) is 23.8 Å². The van der Waals surface area contributed by atoms with E-state index >= 15 is 0 Å². The molecule has 2 aromatic rings. The minimum absolute atomic E-state index is 0.0830. The van der Waals surface area contributed by atoms with Crippen LogP contribution < -0.4 is 10.6 Å². The van der Waals surface area contributed by atoms with Crippen LogP contribution in [-0.4, -0.2) is 28.4 Å². The summed E-state index contributed by atoms with van der Waals surface area (Å²) in [7, 11) is 0. The van der Waals surface area contributed by atoms with E-state index in [4.69, 9.17) is 0 Å². The average molecular weight is 396 g/mol. The minimum Gasteiger partial charge on any atom is -0.324 e. The third-order valence-electron chi connectivity index (χ3n) is 3.68. The molecule has 6 nitrogen and oxygen atoms in total. The van der Waals surface area contributed by atoms with Gasteiger partial charge in [-0.3, -0.25) is 9.59 Å². The fourth-order valence-electron chi connectivity index (χ4n) is 2.36. The minimum atomic E-state index is -0.638. The molecule has 0 bridgehead atoms. The van der Waals surface area contributed by atoms with Crippen LogP contribution in [-0.2, 0) is 9.59 Å². The van der Waals surface area contributed by atoms with Crippen molar-refractivity contribution in [2.75, 3.05) is 5.32 Å². The summed E-state index contributed by atoms with van der Waals surface area (Å²) in [6.07, 6.45) is 5.02. The first-order valence-electron chi connectivity index (χ1n) is 8.46. The number of anilines is 1. The van der Waals surface area contributed by atoms with Gasteiger partial charge < -0.3 is 10.6 Å². The number of carbonyl (C=O) groups excluding carboxylic acids is 2. The normalized spacial score (nSPS) is 18.1. The maximum Gasteiger partial charge on any atom is 0.240 e. The lowest BCUT2D eigenvalue weighted by molar-refractivity contribution is -0.122. The molecular weight excluding hydrogens is 379 g/mol. The maximum absolute atomic E-state index is 13.6. The Labute approximate surface area is 165 Å². The van der Waals surface area contributed by atoms with Gasteiger partial charge in [-0.2, -0.15) is 5.10 Å². The number of rotatable bonds is 6. The highest BCUT2D eigenvalue weighted by atomic mass is 32.2. The van der Waals surface area contributed by atoms with E-state index < -0.39 is 17.0 Å². The Hall–Kier alpha value is -3.26. The summed E-state index contributed by atoms with van der Waals surface area (Å²) in [6, 6.07) is 15.6. The van der Waals surface area contributed by atoms with Gasteiger partial charge in [-0.1, -0.05) is 60.3 Å². The summed E-state index contributed by atoms with van der Waals surface area (Å²) in [5.41, 5.74) is 1.12. The van der Waals surface area contributed by atoms with Gasteiger partial charge in [-0.15, -0.1) is 5.10 Å². The van der Waals surface area contributed by atoms with Crippen LogP contribution in [0.1, 0.15) is 12.0 Å². The number of carbonyl (C=O) groups is 2. The molecule has 28 heavy (non-hydrogen) atoms. The van der Waals surface area contributed by atoms with Crippen molar-refractivity contribution in [3.8, 4) is 0 Å². The molecule has 0 aliphatic carbocycles. The van der Waals surface area contributed by atoms with E-state index in [2.05, 4.69) is 20.8 Å². The summed E-state index contributed by atoms with van der Waals surface area (Å²) < 4.78 is 13.6. The topological polar surface area (TPSA) is 82.9 Å². The summed E-state index contributed by atoms with van der Waals surface area (Å²) in [6.45, 7) is 0. The number of hydrogen-bond donors (Lipinski definition) is 2. The van der Waals surface area contributed by atoms with Crippen molar-refractivity contribution in [2.24, 2.45) is 10.2 Å². The number of halogens is 1. The van der Waals surface area contributed by atoms with Crippen LogP contribution in [0.4, 0.5) is 10.1 Å². The standard InChI is InChI=1S/C20H17FN4O2S/c21-15-10-4-5-11-16(15)23-18(26)13-17-19(27)24-20(28-17)25-22-12-6-9-14-7-2-1-3-8-14/h1-12,17H,13H2,(H,23,26)(H,24,25,27)/b9-6+,22-12-. The molecule has 0 radical (unpaired) electrons. The summed E-state index contributed by atoms with van der Waals surface area (Å²) in [5, 5.41) is 12.5. The molecule has 1 aliphatic heterocycles. The highest BCUT2D eigenvalue weighted by Crippen LogP contribution is 2.23. The number of thioether (sulfide) groups is 1. The second-order valence-corrected chi connectivity index (χ2v) is 6.96. The van der Waals surface area contributed by atoms with Gasteiger partial charge in [-0.25, -0.2) is 4.39 Å². The van der Waals surface area contributed by atoms with Gasteiger partial charge in [0.25, 0.3) is 0 Å². The second-order valence-electron chi connectivity index (χ2n) is 5.77. The average Bonchev–Trinajstić information content (AvgIpc) is 3.03. The molecule has 142 valence electrons. The van der Waals surface area contributed by atoms with Crippen molar-refractivity contribution in [2.45, 2.75) is 11.7 Å². The quantitative estimate of drug-likeness (QED) is 0.580. The highest BCUT2D eigenvalue weighted by molar-refractivity contribution is 8.15. The van der Waals surface area contributed by atoms with Crippen molar-refractivity contribution < 1.29 is 14.0 Å². The lowest BCUT2D eigenvalue weighted by Crippen LogP contribution is -2.28. The molecule has 1 aliphatic rings. The van der Waals surface area contributed by atoms with Gasteiger partial charge in [0.2, 0.25) is 11.8 Å². The summed E-state index contributed by atoms with van der Waals surface area (Å²) in [4.78, 5) is 24.0. The molecule has 1 heterocycles. The molecule has 8 heteroatoms. The molecule has 3 rings (SSSR count). The Bertz CT molecular complexity index is 944. The predicted octanol–water partition coefficient (Wildman–Crippen LogP) is 3.44. The molecule has 0 saturated carbocycles. The highest BCUT2D eigenvalue weighted by Gasteiger charge is 2.32. The van der Waals surface area contributed by atoms with Crippen LogP contribution in [0.5, 0.6) is 0 Å². The number of amides is 2. The molecule has 1 atom stereocenters. The Kier molecular flexibility index (Phi) is 6.69. The largest absolute Gasteiger partial charge is 0.324 e. The first kappa shape index (κ1) is 19.5. The van der Waals surface area contributed by atoms with E-state index in [1.54, 1.807) is 12.1 Å². The molecule has 0 spiro atoms. The zero-order valence-electron chi connectivity index (χ0n) is 14.7. The molecule has 2 amide bonds. The zero-order valence-corrected chi connectivity index (χ0v) is 15.5. The monoisotopic (exact) mass is 396 g/mol. The number of para-hydroxylation sites is 1. The Morgan fingerprint density at radius 1 is 1.18 bits per heavy atom. The Morgan fingerprint density at radius 3 is 2.71 bits per heavy atom.